The van der Waals surface area contributed by atoms with E-state index in [0.29, 0.717) is 5.25 Å². The van der Waals surface area contributed by atoms with Crippen LogP contribution in [0.2, 0.25) is 0 Å². The summed E-state index contributed by atoms with van der Waals surface area (Å²) in [6, 6.07) is 5.03. The van der Waals surface area contributed by atoms with Crippen LogP contribution < -0.4 is 5.32 Å². The van der Waals surface area contributed by atoms with Crippen molar-refractivity contribution >= 4 is 27.7 Å². The van der Waals surface area contributed by atoms with Crippen LogP contribution >= 0.6 is 27.7 Å². The van der Waals surface area contributed by atoms with Crippen LogP contribution in [0, 0.1) is 5.82 Å². The Hall–Kier alpha value is -0.0600. The van der Waals surface area contributed by atoms with Gasteiger partial charge in [0.2, 0.25) is 0 Å². The average molecular weight is 276 g/mol. The van der Waals surface area contributed by atoms with Crippen molar-refractivity contribution in [2.45, 2.75) is 17.5 Å². The molecule has 2 atom stereocenters. The Balaban J connectivity index is 2.23. The van der Waals surface area contributed by atoms with Crippen molar-refractivity contribution in [2.75, 3.05) is 6.54 Å². The molecule has 0 aliphatic carbocycles. The lowest BCUT2D eigenvalue weighted by Gasteiger charge is -2.10. The van der Waals surface area contributed by atoms with Crippen molar-refractivity contribution in [1.29, 1.82) is 0 Å². The van der Waals surface area contributed by atoms with Crippen molar-refractivity contribution in [2.24, 2.45) is 0 Å². The first-order valence-corrected chi connectivity index (χ1v) is 6.23. The van der Waals surface area contributed by atoms with Gasteiger partial charge in [0.25, 0.3) is 0 Å². The van der Waals surface area contributed by atoms with E-state index in [1.165, 1.54) is 6.07 Å². The molecule has 1 fully saturated rings. The van der Waals surface area contributed by atoms with Gasteiger partial charge >= 0.3 is 0 Å². The summed E-state index contributed by atoms with van der Waals surface area (Å²) in [5.41, 5.74) is 1.01. The maximum absolute atomic E-state index is 13.1. The fourth-order valence-corrected chi connectivity index (χ4v) is 3.15. The van der Waals surface area contributed by atoms with Gasteiger partial charge in [0.15, 0.2) is 0 Å². The summed E-state index contributed by atoms with van der Waals surface area (Å²) in [5.74, 6) is -0.184. The molecule has 0 aromatic heterocycles. The van der Waals surface area contributed by atoms with Gasteiger partial charge < -0.3 is 5.32 Å². The Bertz CT molecular complexity index is 325. The van der Waals surface area contributed by atoms with E-state index in [-0.39, 0.29) is 11.2 Å². The van der Waals surface area contributed by atoms with Crippen LogP contribution in [0.4, 0.5) is 4.39 Å². The Morgan fingerprint density at radius 3 is 2.86 bits per heavy atom. The minimum absolute atomic E-state index is 0.184. The molecule has 1 aromatic rings. The molecule has 2 unspecified atom stereocenters. The molecule has 0 saturated carbocycles. The van der Waals surface area contributed by atoms with Gasteiger partial charge in [0, 0.05) is 16.3 Å². The van der Waals surface area contributed by atoms with Crippen molar-refractivity contribution in [3.05, 3.63) is 34.1 Å². The molecular formula is C10H11BrFNS. The lowest BCUT2D eigenvalue weighted by molar-refractivity contribution is 0.621. The second-order valence-corrected chi connectivity index (χ2v) is 5.90. The summed E-state index contributed by atoms with van der Waals surface area (Å²) in [7, 11) is 0. The molecule has 4 heteroatoms. The molecule has 76 valence electrons. The van der Waals surface area contributed by atoms with Crippen LogP contribution in [-0.4, -0.2) is 11.8 Å². The summed E-state index contributed by atoms with van der Waals surface area (Å²) in [4.78, 5) is 0. The van der Waals surface area contributed by atoms with Gasteiger partial charge in [-0.2, -0.15) is 0 Å². The van der Waals surface area contributed by atoms with E-state index in [2.05, 4.69) is 28.2 Å². The molecule has 1 nitrogen and oxygen atoms in total. The number of hydrogen-bond donors (Lipinski definition) is 1. The molecule has 1 N–H and O–H groups in total. The van der Waals surface area contributed by atoms with E-state index in [1.54, 1.807) is 6.07 Å². The molecule has 1 heterocycles. The zero-order valence-electron chi connectivity index (χ0n) is 7.76. The molecular weight excluding hydrogens is 265 g/mol. The third-order valence-corrected chi connectivity index (χ3v) is 3.95. The second-order valence-electron chi connectivity index (χ2n) is 3.44. The van der Waals surface area contributed by atoms with E-state index in [4.69, 9.17) is 0 Å². The Morgan fingerprint density at radius 2 is 2.29 bits per heavy atom. The summed E-state index contributed by atoms with van der Waals surface area (Å²) in [5, 5.41) is 4.18. The Labute approximate surface area is 95.6 Å². The lowest BCUT2D eigenvalue weighted by atomic mass is 10.2. The highest BCUT2D eigenvalue weighted by Gasteiger charge is 2.23. The molecule has 0 bridgehead atoms. The fraction of sp³-hybridized carbons (Fsp3) is 0.400. The highest BCUT2D eigenvalue weighted by atomic mass is 79.9. The lowest BCUT2D eigenvalue weighted by Crippen LogP contribution is -2.14. The number of rotatable bonds is 1. The molecule has 0 spiro atoms. The first kappa shape index (κ1) is 10.5. The zero-order valence-corrected chi connectivity index (χ0v) is 10.2. The third-order valence-electron chi connectivity index (χ3n) is 2.15. The van der Waals surface area contributed by atoms with Gasteiger partial charge in [0.05, 0.1) is 5.37 Å². The minimum Gasteiger partial charge on any atom is -0.301 e. The van der Waals surface area contributed by atoms with E-state index in [0.717, 1.165) is 16.6 Å². The van der Waals surface area contributed by atoms with Crippen molar-refractivity contribution < 1.29 is 4.39 Å². The normalized spacial score (nSPS) is 26.8. The molecule has 1 aliphatic rings. The molecule has 1 aliphatic heterocycles. The Kier molecular flexibility index (Phi) is 3.14. The predicted octanol–water partition coefficient (Wildman–Crippen LogP) is 3.31. The quantitative estimate of drug-likeness (QED) is 0.844. The van der Waals surface area contributed by atoms with Gasteiger partial charge in [0.1, 0.15) is 5.82 Å². The first-order valence-electron chi connectivity index (χ1n) is 4.50. The standard InChI is InChI=1S/C10H11BrFNS/c1-6-5-13-10(14-6)7-2-8(11)4-9(12)3-7/h2-4,6,10,13H,5H2,1H3. The smallest absolute Gasteiger partial charge is 0.124 e. The summed E-state index contributed by atoms with van der Waals surface area (Å²) in [6.45, 7) is 3.16. The van der Waals surface area contributed by atoms with Crippen LogP contribution in [0.1, 0.15) is 17.9 Å². The van der Waals surface area contributed by atoms with Gasteiger partial charge in [-0.25, -0.2) is 4.39 Å². The SMILES string of the molecule is CC1CNC(c2cc(F)cc(Br)c2)S1. The number of nitrogens with one attached hydrogen (secondary N) is 1. The molecule has 14 heavy (non-hydrogen) atoms. The zero-order chi connectivity index (χ0) is 10.1. The van der Waals surface area contributed by atoms with Crippen LogP contribution in [0.15, 0.2) is 22.7 Å². The van der Waals surface area contributed by atoms with Crippen LogP contribution in [0.5, 0.6) is 0 Å². The Morgan fingerprint density at radius 1 is 1.50 bits per heavy atom. The number of benzene rings is 1. The van der Waals surface area contributed by atoms with Crippen LogP contribution in [0.3, 0.4) is 0 Å². The molecule has 1 aromatic carbocycles. The molecule has 0 amide bonds. The fourth-order valence-electron chi connectivity index (χ4n) is 1.52. The summed E-state index contributed by atoms with van der Waals surface area (Å²) in [6.07, 6.45) is 0. The third kappa shape index (κ3) is 2.30. The first-order chi connectivity index (χ1) is 6.65. The highest BCUT2D eigenvalue weighted by molar-refractivity contribution is 9.10. The van der Waals surface area contributed by atoms with Crippen molar-refractivity contribution in [3.63, 3.8) is 0 Å². The number of hydrogen-bond acceptors (Lipinski definition) is 2. The minimum atomic E-state index is -0.184. The molecule has 1 saturated heterocycles. The average Bonchev–Trinajstić information content (AvgIpc) is 2.50. The maximum atomic E-state index is 13.1. The highest BCUT2D eigenvalue weighted by Crippen LogP contribution is 2.35. The largest absolute Gasteiger partial charge is 0.301 e. The van der Waals surface area contributed by atoms with Crippen LogP contribution in [-0.2, 0) is 0 Å². The van der Waals surface area contributed by atoms with Gasteiger partial charge in [-0.1, -0.05) is 22.9 Å². The van der Waals surface area contributed by atoms with Crippen LogP contribution in [0.25, 0.3) is 0 Å². The van der Waals surface area contributed by atoms with Gasteiger partial charge in [-0.05, 0) is 23.8 Å². The van der Waals surface area contributed by atoms with E-state index in [9.17, 15) is 4.39 Å². The topological polar surface area (TPSA) is 12.0 Å². The van der Waals surface area contributed by atoms with Crippen molar-refractivity contribution in [1.82, 2.24) is 5.32 Å². The van der Waals surface area contributed by atoms with E-state index < -0.39 is 0 Å². The number of halogens is 2. The number of thioether (sulfide) groups is 1. The summed E-state index contributed by atoms with van der Waals surface area (Å²) >= 11 is 5.14. The predicted molar refractivity (Wildman–Crippen MR) is 61.9 cm³/mol. The second kappa shape index (κ2) is 4.21. The van der Waals surface area contributed by atoms with Crippen molar-refractivity contribution in [3.8, 4) is 0 Å². The van der Waals surface area contributed by atoms with E-state index in [1.807, 2.05) is 17.8 Å². The monoisotopic (exact) mass is 275 g/mol. The molecule has 2 rings (SSSR count). The van der Waals surface area contributed by atoms with E-state index >= 15 is 0 Å². The molecule has 0 radical (unpaired) electrons. The van der Waals surface area contributed by atoms with Gasteiger partial charge in [-0.3, -0.25) is 0 Å². The van der Waals surface area contributed by atoms with Gasteiger partial charge in [-0.15, -0.1) is 11.8 Å². The maximum Gasteiger partial charge on any atom is 0.124 e. The summed E-state index contributed by atoms with van der Waals surface area (Å²) < 4.78 is 13.9.